The summed E-state index contributed by atoms with van der Waals surface area (Å²) in [6.07, 6.45) is -9.68. The molecule has 1 rings (SSSR count). The molecule has 9 heteroatoms. The molecule has 0 aromatic heterocycles. The van der Waals surface area contributed by atoms with Crippen molar-refractivity contribution in [3.05, 3.63) is 29.3 Å². The van der Waals surface area contributed by atoms with Crippen molar-refractivity contribution in [2.24, 2.45) is 0 Å². The molecule has 0 amide bonds. The standard InChI is InChI=1S/C8H3BF6.2H2O/c9-6-2-4(7(10,11)12)1-5(3-6)8(13,14)15;;/h1-3H;2*1H2/q+2;;/p-2. The van der Waals surface area contributed by atoms with E-state index in [1.807, 2.05) is 0 Å². The fourth-order valence-electron chi connectivity index (χ4n) is 0.979. The Morgan fingerprint density at radius 2 is 1.00 bits per heavy atom. The Morgan fingerprint density at radius 3 is 1.24 bits per heavy atom. The van der Waals surface area contributed by atoms with Crippen LogP contribution in [0.4, 0.5) is 26.3 Å². The number of halogens is 6. The predicted molar refractivity (Wildman–Crippen MR) is 45.7 cm³/mol. The van der Waals surface area contributed by atoms with Gasteiger partial charge >= 0.3 is 81.3 Å². The van der Waals surface area contributed by atoms with Crippen molar-refractivity contribution in [2.75, 3.05) is 0 Å². The second-order valence-electron chi connectivity index (χ2n) is 2.84. The van der Waals surface area contributed by atoms with Crippen LogP contribution in [0.2, 0.25) is 0 Å². The van der Waals surface area contributed by atoms with E-state index in [4.69, 9.17) is 7.85 Å². The van der Waals surface area contributed by atoms with Gasteiger partial charge in [0.1, 0.15) is 0 Å². The van der Waals surface area contributed by atoms with E-state index >= 15 is 0 Å². The summed E-state index contributed by atoms with van der Waals surface area (Å²) in [6.45, 7) is 0. The minimum atomic E-state index is -4.84. The predicted octanol–water partition coefficient (Wildman–Crippen LogP) is 2.16. The zero-order valence-electron chi connectivity index (χ0n) is 7.97. The molecule has 0 atom stereocenters. The number of hydrogen-bond donors (Lipinski definition) is 0. The van der Waals surface area contributed by atoms with Crippen LogP contribution >= 0.6 is 0 Å². The number of hydrogen-bond acceptors (Lipinski definition) is 2. The minimum absolute atomic E-state index is 0. The van der Waals surface area contributed by atoms with Gasteiger partial charge < -0.3 is 11.0 Å². The zero-order chi connectivity index (χ0) is 11.9. The van der Waals surface area contributed by atoms with Crippen LogP contribution in [0.15, 0.2) is 18.2 Å². The first-order valence-electron chi connectivity index (χ1n) is 3.65. The Hall–Kier alpha value is -1.22. The van der Waals surface area contributed by atoms with E-state index in [1.54, 1.807) is 0 Å². The van der Waals surface area contributed by atoms with Gasteiger partial charge in [0, 0.05) is 0 Å². The van der Waals surface area contributed by atoms with Gasteiger partial charge in [0.05, 0.1) is 0 Å². The van der Waals surface area contributed by atoms with Gasteiger partial charge in [0.15, 0.2) is 0 Å². The number of rotatable bonds is 0. The van der Waals surface area contributed by atoms with Gasteiger partial charge in [-0.25, -0.2) is 0 Å². The monoisotopic (exact) mass is 258 g/mol. The van der Waals surface area contributed by atoms with Gasteiger partial charge in [0.2, 0.25) is 0 Å². The van der Waals surface area contributed by atoms with Crippen LogP contribution in [0.25, 0.3) is 0 Å². The second-order valence-corrected chi connectivity index (χ2v) is 2.84. The maximum Gasteiger partial charge on any atom is -0.870 e. The van der Waals surface area contributed by atoms with Crippen molar-refractivity contribution in [2.45, 2.75) is 12.4 Å². The van der Waals surface area contributed by atoms with E-state index in [-0.39, 0.29) is 17.0 Å². The summed E-state index contributed by atoms with van der Waals surface area (Å²) in [5.41, 5.74) is -3.39. The topological polar surface area (TPSA) is 60.0 Å². The first-order chi connectivity index (χ1) is 6.60. The molecule has 17 heavy (non-hydrogen) atoms. The summed E-state index contributed by atoms with van der Waals surface area (Å²) in [4.78, 5) is 0. The van der Waals surface area contributed by atoms with E-state index in [2.05, 4.69) is 0 Å². The van der Waals surface area contributed by atoms with E-state index in [0.717, 1.165) is 0 Å². The van der Waals surface area contributed by atoms with Crippen molar-refractivity contribution >= 4 is 13.3 Å². The maximum atomic E-state index is 12.1. The SMILES string of the molecule is [B+2]c1cc(C(F)(F)F)cc(C(F)(F)F)c1.[OH-].[OH-]. The molecule has 0 aliphatic rings. The van der Waals surface area contributed by atoms with Gasteiger partial charge in [-0.3, -0.25) is 0 Å². The third-order valence-electron chi connectivity index (χ3n) is 1.61. The summed E-state index contributed by atoms with van der Waals surface area (Å²) in [5, 5.41) is 0. The van der Waals surface area contributed by atoms with Crippen LogP contribution in [0, 0.1) is 0 Å². The molecule has 1 aromatic carbocycles. The van der Waals surface area contributed by atoms with E-state index in [1.165, 1.54) is 0 Å². The summed E-state index contributed by atoms with van der Waals surface area (Å²) < 4.78 is 72.7. The van der Waals surface area contributed by atoms with Crippen molar-refractivity contribution in [3.8, 4) is 0 Å². The first kappa shape index (κ1) is 18.2. The Labute approximate surface area is 93.3 Å². The van der Waals surface area contributed by atoms with E-state index in [9.17, 15) is 26.3 Å². The van der Waals surface area contributed by atoms with Crippen molar-refractivity contribution in [3.63, 3.8) is 0 Å². The number of alkyl halides is 6. The average molecular weight is 258 g/mol. The molecule has 1 aromatic rings. The summed E-state index contributed by atoms with van der Waals surface area (Å²) in [5.74, 6) is 0. The molecule has 2 N–H and O–H groups in total. The Kier molecular flexibility index (Phi) is 5.78. The van der Waals surface area contributed by atoms with Gasteiger partial charge in [-0.1, -0.05) is 0 Å². The van der Waals surface area contributed by atoms with E-state index < -0.39 is 28.9 Å². The van der Waals surface area contributed by atoms with Crippen LogP contribution in [0.1, 0.15) is 11.1 Å². The molecule has 0 saturated carbocycles. The van der Waals surface area contributed by atoms with Gasteiger partial charge in [-0.15, -0.1) is 0 Å². The van der Waals surface area contributed by atoms with Crippen LogP contribution in [-0.2, 0) is 12.4 Å². The molecule has 94 valence electrons. The molecule has 0 heterocycles. The third-order valence-corrected chi connectivity index (χ3v) is 1.61. The van der Waals surface area contributed by atoms with Gasteiger partial charge in [-0.2, -0.15) is 0 Å². The maximum absolute atomic E-state index is 12.1. The van der Waals surface area contributed by atoms with Gasteiger partial charge in [0.25, 0.3) is 0 Å². The fraction of sp³-hybridized carbons (Fsp3) is 0.250. The van der Waals surface area contributed by atoms with Crippen LogP contribution in [0.3, 0.4) is 0 Å². The molecular formula is C8H5BF6O2. The smallest absolute Gasteiger partial charge is 0.870 e. The average Bonchev–Trinajstić information content (AvgIpc) is 1.99. The van der Waals surface area contributed by atoms with Crippen LogP contribution in [-0.4, -0.2) is 18.8 Å². The second kappa shape index (κ2) is 5.41. The van der Waals surface area contributed by atoms with Crippen molar-refractivity contribution in [1.29, 1.82) is 0 Å². The molecule has 2 nitrogen and oxygen atoms in total. The zero-order valence-corrected chi connectivity index (χ0v) is 7.97. The molecular weight excluding hydrogens is 253 g/mol. The van der Waals surface area contributed by atoms with E-state index in [0.29, 0.717) is 12.1 Å². The summed E-state index contributed by atoms with van der Waals surface area (Å²) in [7, 11) is 4.95. The Morgan fingerprint density at radius 1 is 0.706 bits per heavy atom. The Bertz CT molecular complexity index is 341. The third kappa shape index (κ3) is 4.66. The number of benzene rings is 1. The van der Waals surface area contributed by atoms with Crippen LogP contribution < -0.4 is 5.46 Å². The van der Waals surface area contributed by atoms with Crippen molar-refractivity contribution < 1.29 is 37.3 Å². The van der Waals surface area contributed by atoms with Crippen molar-refractivity contribution in [1.82, 2.24) is 0 Å². The Balaban J connectivity index is 0. The van der Waals surface area contributed by atoms with Gasteiger partial charge in [-0.05, 0) is 0 Å². The molecule has 0 fully saturated rings. The fourth-order valence-corrected chi connectivity index (χ4v) is 0.979. The molecule has 0 aliphatic heterocycles. The largest absolute Gasteiger partial charge is 0.870 e. The minimum Gasteiger partial charge on any atom is -0.870 e. The molecule has 0 unspecified atom stereocenters. The molecule has 0 saturated heterocycles. The summed E-state index contributed by atoms with van der Waals surface area (Å²) in [6, 6.07) is 0.931. The molecule has 0 spiro atoms. The molecule has 0 aliphatic carbocycles. The summed E-state index contributed by atoms with van der Waals surface area (Å²) >= 11 is 0. The first-order valence-corrected chi connectivity index (χ1v) is 3.65. The van der Waals surface area contributed by atoms with Crippen LogP contribution in [0.5, 0.6) is 0 Å². The quantitative estimate of drug-likeness (QED) is 0.528. The molecule has 0 bridgehead atoms. The molecule has 0 radical (unpaired) electrons. The normalized spacial score (nSPS) is 11.5.